The molecule has 0 bridgehead atoms. The number of esters is 2. The summed E-state index contributed by atoms with van der Waals surface area (Å²) in [6.45, 7) is 8.72. The molecule has 0 aliphatic rings. The fourth-order valence-electron chi connectivity index (χ4n) is 2.31. The molecule has 0 fully saturated rings. The van der Waals surface area contributed by atoms with E-state index in [4.69, 9.17) is 18.9 Å². The molecule has 30 heavy (non-hydrogen) atoms. The van der Waals surface area contributed by atoms with Gasteiger partial charge in [-0.15, -0.1) is 0 Å². The van der Waals surface area contributed by atoms with E-state index in [1.807, 2.05) is 0 Å². The summed E-state index contributed by atoms with van der Waals surface area (Å²) in [6, 6.07) is 3.51. The number of hydrogen-bond donors (Lipinski definition) is 0. The highest BCUT2D eigenvalue weighted by molar-refractivity contribution is 5.88. The van der Waals surface area contributed by atoms with Crippen LogP contribution in [-0.2, 0) is 19.1 Å². The molecular weight excluding hydrogens is 388 g/mol. The maximum Gasteiger partial charge on any atom is 0.330 e. The first-order valence-corrected chi connectivity index (χ1v) is 10.2. The monoisotopic (exact) mass is 420 g/mol. The smallest absolute Gasteiger partial charge is 0.330 e. The third kappa shape index (κ3) is 9.03. The van der Waals surface area contributed by atoms with Crippen molar-refractivity contribution in [3.63, 3.8) is 0 Å². The molecule has 0 N–H and O–H groups in total. The summed E-state index contributed by atoms with van der Waals surface area (Å²) in [7, 11) is 1.32. The average Bonchev–Trinajstić information content (AvgIpc) is 2.76. The number of benzene rings is 1. The lowest BCUT2D eigenvalue weighted by molar-refractivity contribution is -0.138. The molecule has 0 saturated carbocycles. The van der Waals surface area contributed by atoms with E-state index in [0.29, 0.717) is 36.0 Å². The maximum atomic E-state index is 11.5. The molecule has 0 radical (unpaired) electrons. The van der Waals surface area contributed by atoms with Crippen LogP contribution in [0.5, 0.6) is 17.2 Å². The summed E-state index contributed by atoms with van der Waals surface area (Å²) in [5.74, 6) is 0.460. The van der Waals surface area contributed by atoms with Crippen molar-refractivity contribution in [1.82, 2.24) is 0 Å². The van der Waals surface area contributed by atoms with Gasteiger partial charge in [-0.05, 0) is 31.1 Å². The lowest BCUT2D eigenvalue weighted by Gasteiger charge is -2.19. The highest BCUT2D eigenvalue weighted by Crippen LogP contribution is 2.41. The molecule has 0 saturated heterocycles. The molecular formula is C23H32O7. The number of hydrogen-bond acceptors (Lipinski definition) is 7. The minimum absolute atomic E-state index is 0.0786. The van der Waals surface area contributed by atoms with Crippen molar-refractivity contribution in [1.29, 1.82) is 0 Å². The van der Waals surface area contributed by atoms with E-state index < -0.39 is 11.9 Å². The lowest BCUT2D eigenvalue weighted by atomic mass is 10.1. The molecule has 0 aliphatic heterocycles. The molecule has 0 atom stereocenters. The summed E-state index contributed by atoms with van der Waals surface area (Å²) in [5.41, 5.74) is 0.674. The number of ether oxygens (including phenoxy) is 5. The second-order valence-electron chi connectivity index (χ2n) is 6.29. The molecule has 7 heteroatoms. The Hall–Kier alpha value is -2.96. The van der Waals surface area contributed by atoms with Gasteiger partial charge in [0.25, 0.3) is 0 Å². The van der Waals surface area contributed by atoms with Crippen LogP contribution in [-0.4, -0.2) is 45.5 Å². The van der Waals surface area contributed by atoms with Gasteiger partial charge < -0.3 is 23.7 Å². The van der Waals surface area contributed by atoms with E-state index in [-0.39, 0.29) is 13.2 Å². The van der Waals surface area contributed by atoms with Crippen LogP contribution in [0.2, 0.25) is 0 Å². The van der Waals surface area contributed by atoms with Crippen LogP contribution in [0.25, 0.3) is 6.08 Å². The Morgan fingerprint density at radius 3 is 2.17 bits per heavy atom. The second kappa shape index (κ2) is 15.0. The minimum Gasteiger partial charge on any atom is -0.489 e. The summed E-state index contributed by atoms with van der Waals surface area (Å²) >= 11 is 0. The van der Waals surface area contributed by atoms with Gasteiger partial charge in [-0.2, -0.15) is 0 Å². The predicted octanol–water partition coefficient (Wildman–Crippen LogP) is 4.34. The topological polar surface area (TPSA) is 80.3 Å². The normalized spacial score (nSPS) is 10.5. The van der Waals surface area contributed by atoms with E-state index in [9.17, 15) is 9.59 Å². The van der Waals surface area contributed by atoms with E-state index >= 15 is 0 Å². The van der Waals surface area contributed by atoms with Crippen molar-refractivity contribution in [2.24, 2.45) is 0 Å². The SMILES string of the molecule is C=CC(=O)OCCOc1ccc(/C=C/C(=O)OC)c(OCCCC)c1OCCCC. The molecule has 0 heterocycles. The Kier molecular flexibility index (Phi) is 12.5. The van der Waals surface area contributed by atoms with Crippen LogP contribution < -0.4 is 14.2 Å². The average molecular weight is 421 g/mol. The van der Waals surface area contributed by atoms with Gasteiger partial charge >= 0.3 is 11.9 Å². The molecule has 0 aromatic heterocycles. The van der Waals surface area contributed by atoms with Crippen LogP contribution in [0.15, 0.2) is 30.9 Å². The van der Waals surface area contributed by atoms with Gasteiger partial charge in [0.05, 0.1) is 20.3 Å². The molecule has 1 aromatic rings. The van der Waals surface area contributed by atoms with Gasteiger partial charge in [0, 0.05) is 17.7 Å². The first-order valence-electron chi connectivity index (χ1n) is 10.2. The first kappa shape index (κ1) is 25.1. The molecule has 7 nitrogen and oxygen atoms in total. The molecule has 0 aliphatic carbocycles. The Morgan fingerprint density at radius 1 is 0.900 bits per heavy atom. The molecule has 1 aromatic carbocycles. The summed E-state index contributed by atoms with van der Waals surface area (Å²) in [5, 5.41) is 0. The third-order valence-electron chi connectivity index (χ3n) is 3.95. The zero-order valence-electron chi connectivity index (χ0n) is 18.1. The number of carbonyl (C=O) groups excluding carboxylic acids is 2. The molecule has 0 unspecified atom stereocenters. The fourth-order valence-corrected chi connectivity index (χ4v) is 2.31. The van der Waals surface area contributed by atoms with Gasteiger partial charge in [0.15, 0.2) is 11.5 Å². The second-order valence-corrected chi connectivity index (χ2v) is 6.29. The van der Waals surface area contributed by atoms with Crippen LogP contribution in [0.4, 0.5) is 0 Å². The van der Waals surface area contributed by atoms with Crippen molar-refractivity contribution in [2.45, 2.75) is 39.5 Å². The Labute approximate surface area is 178 Å². The highest BCUT2D eigenvalue weighted by atomic mass is 16.6. The van der Waals surface area contributed by atoms with E-state index in [1.165, 1.54) is 13.2 Å². The number of carbonyl (C=O) groups is 2. The zero-order chi connectivity index (χ0) is 22.2. The highest BCUT2D eigenvalue weighted by Gasteiger charge is 2.17. The van der Waals surface area contributed by atoms with Crippen molar-refractivity contribution in [3.8, 4) is 17.2 Å². The fraction of sp³-hybridized carbons (Fsp3) is 0.478. The zero-order valence-corrected chi connectivity index (χ0v) is 18.1. The quantitative estimate of drug-likeness (QED) is 0.237. The molecule has 1 rings (SSSR count). The van der Waals surface area contributed by atoms with E-state index in [2.05, 4.69) is 25.2 Å². The third-order valence-corrected chi connectivity index (χ3v) is 3.95. The first-order chi connectivity index (χ1) is 14.6. The largest absolute Gasteiger partial charge is 0.489 e. The maximum absolute atomic E-state index is 11.5. The van der Waals surface area contributed by atoms with Crippen LogP contribution >= 0.6 is 0 Å². The summed E-state index contributed by atoms with van der Waals surface area (Å²) < 4.78 is 27.4. The Bertz CT molecular complexity index is 710. The minimum atomic E-state index is -0.509. The van der Waals surface area contributed by atoms with Crippen LogP contribution in [0.3, 0.4) is 0 Å². The van der Waals surface area contributed by atoms with Crippen molar-refractivity contribution < 1.29 is 33.3 Å². The molecule has 166 valence electrons. The van der Waals surface area contributed by atoms with Crippen molar-refractivity contribution in [2.75, 3.05) is 33.5 Å². The van der Waals surface area contributed by atoms with Crippen molar-refractivity contribution >= 4 is 18.0 Å². The summed E-state index contributed by atoms with van der Waals surface area (Å²) in [6.07, 6.45) is 7.74. The van der Waals surface area contributed by atoms with Crippen LogP contribution in [0.1, 0.15) is 45.1 Å². The van der Waals surface area contributed by atoms with Gasteiger partial charge in [0.1, 0.15) is 13.2 Å². The molecule has 0 spiro atoms. The van der Waals surface area contributed by atoms with Crippen LogP contribution in [0, 0.1) is 0 Å². The number of unbranched alkanes of at least 4 members (excludes halogenated alkanes) is 2. The number of rotatable bonds is 15. The summed E-state index contributed by atoms with van der Waals surface area (Å²) in [4.78, 5) is 22.7. The Balaban J connectivity index is 3.15. The van der Waals surface area contributed by atoms with E-state index in [0.717, 1.165) is 31.8 Å². The predicted molar refractivity (Wildman–Crippen MR) is 115 cm³/mol. The van der Waals surface area contributed by atoms with Gasteiger partial charge in [-0.25, -0.2) is 9.59 Å². The number of methoxy groups -OCH3 is 1. The molecule has 0 amide bonds. The van der Waals surface area contributed by atoms with Crippen molar-refractivity contribution in [3.05, 3.63) is 36.4 Å². The Morgan fingerprint density at radius 2 is 1.57 bits per heavy atom. The van der Waals surface area contributed by atoms with Gasteiger partial charge in [0.2, 0.25) is 5.75 Å². The van der Waals surface area contributed by atoms with Gasteiger partial charge in [-0.3, -0.25) is 0 Å². The van der Waals surface area contributed by atoms with Gasteiger partial charge in [-0.1, -0.05) is 33.3 Å². The van der Waals surface area contributed by atoms with E-state index in [1.54, 1.807) is 18.2 Å². The standard InChI is InChI=1S/C23H32O7/c1-5-8-14-29-22-18(11-13-21(25)26-4)10-12-19(23(22)30-15-9-6-2)27-16-17-28-20(24)7-3/h7,10-13H,3,5-6,8-9,14-17H2,1-2,4H3/b13-11+. The lowest BCUT2D eigenvalue weighted by Crippen LogP contribution is -2.12.